The Balaban J connectivity index is 1.86. The van der Waals surface area contributed by atoms with Gasteiger partial charge >= 0.3 is 5.63 Å². The molecule has 0 spiro atoms. The number of carbonyl (C=O) groups excluding carboxylic acids is 1. The van der Waals surface area contributed by atoms with Crippen LogP contribution in [0.4, 0.5) is 0 Å². The smallest absolute Gasteiger partial charge is 0.345 e. The van der Waals surface area contributed by atoms with Crippen molar-refractivity contribution in [2.24, 2.45) is 5.10 Å². The Labute approximate surface area is 155 Å². The zero-order chi connectivity index (χ0) is 19.4. The first kappa shape index (κ1) is 18.2. The number of hydrogen-bond donors (Lipinski definition) is 1. The number of rotatable bonds is 5. The minimum atomic E-state index is -0.521. The highest BCUT2D eigenvalue weighted by Crippen LogP contribution is 2.22. The second-order valence-corrected chi connectivity index (χ2v) is 5.72. The Morgan fingerprint density at radius 2 is 1.70 bits per heavy atom. The Morgan fingerprint density at radius 3 is 2.37 bits per heavy atom. The Kier molecular flexibility index (Phi) is 5.21. The average Bonchev–Trinajstić information content (AvgIpc) is 2.70. The van der Waals surface area contributed by atoms with Crippen molar-refractivity contribution in [1.29, 1.82) is 0 Å². The van der Waals surface area contributed by atoms with Gasteiger partial charge in [0.1, 0.15) is 17.1 Å². The molecular weight excluding hydrogens is 348 g/mol. The van der Waals surface area contributed by atoms with Crippen molar-refractivity contribution in [2.45, 2.75) is 6.92 Å². The van der Waals surface area contributed by atoms with Crippen molar-refractivity contribution < 1.29 is 18.7 Å². The van der Waals surface area contributed by atoms with Gasteiger partial charge in [-0.05, 0) is 31.2 Å². The van der Waals surface area contributed by atoms with Gasteiger partial charge < -0.3 is 13.9 Å². The molecule has 3 rings (SSSR count). The van der Waals surface area contributed by atoms with Gasteiger partial charge in [-0.15, -0.1) is 0 Å². The summed E-state index contributed by atoms with van der Waals surface area (Å²) in [5, 5.41) is 4.79. The molecule has 1 aromatic heterocycles. The summed E-state index contributed by atoms with van der Waals surface area (Å²) in [4.78, 5) is 24.5. The maximum absolute atomic E-state index is 12.4. The van der Waals surface area contributed by atoms with E-state index >= 15 is 0 Å². The minimum Gasteiger partial charge on any atom is -0.497 e. The fourth-order valence-corrected chi connectivity index (χ4v) is 2.51. The lowest BCUT2D eigenvalue weighted by Crippen LogP contribution is -2.21. The van der Waals surface area contributed by atoms with Crippen LogP contribution in [-0.2, 0) is 0 Å². The van der Waals surface area contributed by atoms with Gasteiger partial charge in [-0.1, -0.05) is 18.2 Å². The van der Waals surface area contributed by atoms with Crippen LogP contribution in [0.1, 0.15) is 22.8 Å². The number of ether oxygens (including phenoxy) is 2. The van der Waals surface area contributed by atoms with Crippen LogP contribution in [-0.4, -0.2) is 25.8 Å². The highest BCUT2D eigenvalue weighted by Gasteiger charge is 2.11. The Hall–Kier alpha value is -3.61. The van der Waals surface area contributed by atoms with E-state index in [-0.39, 0.29) is 5.56 Å². The molecule has 2 aromatic carbocycles. The zero-order valence-electron chi connectivity index (χ0n) is 15.1. The molecule has 1 N–H and O–H groups in total. The first-order chi connectivity index (χ1) is 13.0. The van der Waals surface area contributed by atoms with E-state index in [1.54, 1.807) is 43.3 Å². The molecule has 0 aliphatic carbocycles. The van der Waals surface area contributed by atoms with E-state index in [0.717, 1.165) is 5.39 Å². The van der Waals surface area contributed by atoms with Crippen molar-refractivity contribution in [1.82, 2.24) is 5.43 Å². The molecule has 0 aliphatic heterocycles. The van der Waals surface area contributed by atoms with Gasteiger partial charge in [0.25, 0.3) is 5.91 Å². The Morgan fingerprint density at radius 1 is 1.04 bits per heavy atom. The fourth-order valence-electron chi connectivity index (χ4n) is 2.51. The third kappa shape index (κ3) is 3.98. The van der Waals surface area contributed by atoms with Crippen LogP contribution in [0.3, 0.4) is 0 Å². The molecule has 7 nitrogen and oxygen atoms in total. The topological polar surface area (TPSA) is 90.1 Å². The number of carbonyl (C=O) groups is 1. The molecule has 0 atom stereocenters. The van der Waals surface area contributed by atoms with Crippen LogP contribution in [0.5, 0.6) is 11.5 Å². The monoisotopic (exact) mass is 366 g/mol. The lowest BCUT2D eigenvalue weighted by molar-refractivity contribution is 0.0954. The van der Waals surface area contributed by atoms with E-state index in [2.05, 4.69) is 10.5 Å². The zero-order valence-corrected chi connectivity index (χ0v) is 15.1. The predicted octanol–water partition coefficient (Wildman–Crippen LogP) is 2.96. The standard InChI is InChI=1S/C20H18N2O5/c1-12(17-10-13-6-4-5-7-18(13)27-20(17)24)21-22-19(23)14-8-15(25-2)11-16(9-14)26-3/h4-11H,1-3H3,(H,22,23)/b21-12-. The molecule has 0 unspecified atom stereocenters. The summed E-state index contributed by atoms with van der Waals surface area (Å²) in [6.07, 6.45) is 0. The third-order valence-corrected chi connectivity index (χ3v) is 3.97. The van der Waals surface area contributed by atoms with Gasteiger partial charge in [0.15, 0.2) is 0 Å². The van der Waals surface area contributed by atoms with E-state index in [1.807, 2.05) is 12.1 Å². The molecular formula is C20H18N2O5. The highest BCUT2D eigenvalue weighted by atomic mass is 16.5. The van der Waals surface area contributed by atoms with Gasteiger partial charge in [-0.2, -0.15) is 5.10 Å². The van der Waals surface area contributed by atoms with E-state index < -0.39 is 11.5 Å². The first-order valence-electron chi connectivity index (χ1n) is 8.13. The average molecular weight is 366 g/mol. The summed E-state index contributed by atoms with van der Waals surface area (Å²) in [6.45, 7) is 1.62. The number of amides is 1. The molecule has 138 valence electrons. The van der Waals surface area contributed by atoms with Crippen LogP contribution >= 0.6 is 0 Å². The lowest BCUT2D eigenvalue weighted by atomic mass is 10.1. The normalized spacial score (nSPS) is 11.3. The summed E-state index contributed by atoms with van der Waals surface area (Å²) in [7, 11) is 3.00. The highest BCUT2D eigenvalue weighted by molar-refractivity contribution is 6.02. The number of nitrogens with zero attached hydrogens (tertiary/aromatic N) is 1. The molecule has 0 saturated carbocycles. The number of para-hydroxylation sites is 1. The van der Waals surface area contributed by atoms with E-state index in [4.69, 9.17) is 13.9 Å². The lowest BCUT2D eigenvalue weighted by Gasteiger charge is -2.08. The molecule has 0 fully saturated rings. The van der Waals surface area contributed by atoms with Crippen molar-refractivity contribution in [3.05, 3.63) is 70.1 Å². The first-order valence-corrected chi connectivity index (χ1v) is 8.13. The fraction of sp³-hybridized carbons (Fsp3) is 0.150. The molecule has 27 heavy (non-hydrogen) atoms. The molecule has 0 bridgehead atoms. The number of benzene rings is 2. The van der Waals surface area contributed by atoms with Crippen molar-refractivity contribution in [3.63, 3.8) is 0 Å². The quantitative estimate of drug-likeness (QED) is 0.426. The van der Waals surface area contributed by atoms with E-state index in [1.165, 1.54) is 14.2 Å². The molecule has 0 saturated heterocycles. The van der Waals surface area contributed by atoms with Crippen LogP contribution in [0, 0.1) is 0 Å². The molecule has 0 aliphatic rings. The summed E-state index contributed by atoms with van der Waals surface area (Å²) in [5.41, 5.74) is 3.32. The minimum absolute atomic E-state index is 0.275. The number of methoxy groups -OCH3 is 2. The maximum atomic E-state index is 12.4. The van der Waals surface area contributed by atoms with Crippen LogP contribution in [0.25, 0.3) is 11.0 Å². The summed E-state index contributed by atoms with van der Waals surface area (Å²) in [5.74, 6) is 0.502. The SMILES string of the molecule is COc1cc(OC)cc(C(=O)N/N=C(/C)c2cc3ccccc3oc2=O)c1. The van der Waals surface area contributed by atoms with Crippen molar-refractivity contribution in [2.75, 3.05) is 14.2 Å². The predicted molar refractivity (Wildman–Crippen MR) is 102 cm³/mol. The second kappa shape index (κ2) is 7.74. The van der Waals surface area contributed by atoms with Gasteiger partial charge in [0.05, 0.1) is 25.5 Å². The molecule has 3 aromatic rings. The number of nitrogens with one attached hydrogen (secondary N) is 1. The molecule has 0 radical (unpaired) electrons. The van der Waals surface area contributed by atoms with Crippen LogP contribution in [0.15, 0.2) is 62.8 Å². The van der Waals surface area contributed by atoms with Crippen LogP contribution in [0.2, 0.25) is 0 Å². The molecule has 1 heterocycles. The maximum Gasteiger partial charge on any atom is 0.345 e. The molecule has 7 heteroatoms. The molecule has 1 amide bonds. The Bertz CT molecular complexity index is 1060. The number of hydrazone groups is 1. The van der Waals surface area contributed by atoms with Crippen molar-refractivity contribution >= 4 is 22.6 Å². The van der Waals surface area contributed by atoms with Crippen molar-refractivity contribution in [3.8, 4) is 11.5 Å². The summed E-state index contributed by atoms with van der Waals surface area (Å²) >= 11 is 0. The van der Waals surface area contributed by atoms with Gasteiger partial charge in [0.2, 0.25) is 0 Å². The van der Waals surface area contributed by atoms with Gasteiger partial charge in [-0.3, -0.25) is 4.79 Å². The van der Waals surface area contributed by atoms with E-state index in [0.29, 0.717) is 28.4 Å². The number of fused-ring (bicyclic) bond motifs is 1. The third-order valence-electron chi connectivity index (χ3n) is 3.97. The summed E-state index contributed by atoms with van der Waals surface area (Å²) < 4.78 is 15.6. The largest absolute Gasteiger partial charge is 0.497 e. The number of hydrogen-bond acceptors (Lipinski definition) is 6. The van der Waals surface area contributed by atoms with E-state index in [9.17, 15) is 9.59 Å². The van der Waals surface area contributed by atoms with Crippen LogP contribution < -0.4 is 20.5 Å². The van der Waals surface area contributed by atoms with Gasteiger partial charge in [0, 0.05) is 17.0 Å². The summed E-state index contributed by atoms with van der Waals surface area (Å²) in [6, 6.07) is 13.6. The van der Waals surface area contributed by atoms with Gasteiger partial charge in [-0.25, -0.2) is 10.2 Å². The second-order valence-electron chi connectivity index (χ2n) is 5.72.